The summed E-state index contributed by atoms with van der Waals surface area (Å²) in [6.45, 7) is 3.27. The van der Waals surface area contributed by atoms with Crippen molar-refractivity contribution in [3.63, 3.8) is 0 Å². The first-order valence-electron chi connectivity index (χ1n) is 12.7. The highest BCUT2D eigenvalue weighted by molar-refractivity contribution is 6.00. The fourth-order valence-corrected chi connectivity index (χ4v) is 3.56. The first kappa shape index (κ1) is 28.7. The Bertz CT molecular complexity index is 976. The minimum Gasteiger partial charge on any atom is -0.504 e. The number of carbonyl (C=O) groups excluding carboxylic acids is 2. The number of hydrogen-bond acceptors (Lipinski definition) is 6. The fourth-order valence-electron chi connectivity index (χ4n) is 3.56. The molecule has 2 amide bonds. The molecule has 2 aromatic rings. The predicted molar refractivity (Wildman–Crippen MR) is 143 cm³/mol. The van der Waals surface area contributed by atoms with E-state index in [4.69, 9.17) is 10.5 Å². The van der Waals surface area contributed by atoms with Gasteiger partial charge in [-0.2, -0.15) is 0 Å². The van der Waals surface area contributed by atoms with E-state index in [1.807, 2.05) is 12.1 Å². The lowest BCUT2D eigenvalue weighted by molar-refractivity contribution is -0.123. The van der Waals surface area contributed by atoms with E-state index in [0.717, 1.165) is 18.6 Å². The van der Waals surface area contributed by atoms with E-state index in [-0.39, 0.29) is 17.4 Å². The first-order chi connectivity index (χ1) is 17.4. The van der Waals surface area contributed by atoms with E-state index in [2.05, 4.69) is 17.6 Å². The van der Waals surface area contributed by atoms with Gasteiger partial charge in [0, 0.05) is 11.8 Å². The molecule has 0 aliphatic rings. The van der Waals surface area contributed by atoms with E-state index < -0.39 is 11.9 Å². The summed E-state index contributed by atoms with van der Waals surface area (Å²) in [6.07, 6.45) is 10.9. The second-order valence-electron chi connectivity index (χ2n) is 8.70. The zero-order chi connectivity index (χ0) is 26.2. The molecule has 0 aromatic heterocycles. The Morgan fingerprint density at radius 2 is 1.69 bits per heavy atom. The average Bonchev–Trinajstić information content (AvgIpc) is 2.87. The molecule has 8 nitrogen and oxygen atoms in total. The van der Waals surface area contributed by atoms with Gasteiger partial charge in [0.1, 0.15) is 11.8 Å². The lowest BCUT2D eigenvalue weighted by atomic mass is 10.1. The number of amides is 2. The number of ether oxygens (including phenoxy) is 1. The molecule has 0 aliphatic carbocycles. The third-order valence-electron chi connectivity index (χ3n) is 5.65. The molecule has 6 N–H and O–H groups in total. The second-order valence-corrected chi connectivity index (χ2v) is 8.70. The van der Waals surface area contributed by atoms with Crippen molar-refractivity contribution < 1.29 is 24.5 Å². The molecule has 0 spiro atoms. The molecule has 8 heteroatoms. The Hall–Kier alpha value is -3.52. The molecule has 0 fully saturated rings. The van der Waals surface area contributed by atoms with Gasteiger partial charge >= 0.3 is 0 Å². The van der Waals surface area contributed by atoms with Gasteiger partial charge in [0.05, 0.1) is 6.61 Å². The number of phenolic OH excluding ortho intramolecular Hbond substituents is 2. The smallest absolute Gasteiger partial charge is 0.246 e. The van der Waals surface area contributed by atoms with Crippen molar-refractivity contribution in [1.82, 2.24) is 5.32 Å². The summed E-state index contributed by atoms with van der Waals surface area (Å²) in [5.74, 6) is -0.574. The molecule has 1 unspecified atom stereocenters. The maximum absolute atomic E-state index is 12.8. The monoisotopic (exact) mass is 497 g/mol. The number of hydrogen-bond donors (Lipinski definition) is 5. The molecule has 0 bridgehead atoms. The SMILES string of the molecule is CCCCCCCCOc1ccc(NC(=O)C(CCCN)NC(=O)/C=C/c2ccc(O)c(O)c2)cc1. The third kappa shape index (κ3) is 10.8. The molecule has 0 saturated carbocycles. The zero-order valence-electron chi connectivity index (χ0n) is 21.0. The maximum Gasteiger partial charge on any atom is 0.246 e. The second kappa shape index (κ2) is 16.2. The Labute approximate surface area is 213 Å². The van der Waals surface area contributed by atoms with Crippen LogP contribution in [0.4, 0.5) is 5.69 Å². The van der Waals surface area contributed by atoms with E-state index in [1.54, 1.807) is 18.2 Å². The van der Waals surface area contributed by atoms with Crippen molar-refractivity contribution in [1.29, 1.82) is 0 Å². The standard InChI is InChI=1S/C28H39N3O5/c1-2-3-4-5-6-7-19-36-23-14-12-22(13-15-23)30-28(35)24(9-8-18-29)31-27(34)17-11-21-10-16-25(32)26(33)20-21/h10-17,20,24,32-33H,2-9,18-19,29H2,1H3,(H,30,35)(H,31,34)/b17-11+. The van der Waals surface area contributed by atoms with Crippen molar-refractivity contribution in [3.8, 4) is 17.2 Å². The highest BCUT2D eigenvalue weighted by Crippen LogP contribution is 2.25. The van der Waals surface area contributed by atoms with Gasteiger partial charge < -0.3 is 31.3 Å². The summed E-state index contributed by atoms with van der Waals surface area (Å²) in [4.78, 5) is 25.2. The minimum atomic E-state index is -0.762. The molecule has 0 aliphatic heterocycles. The summed E-state index contributed by atoms with van der Waals surface area (Å²) in [5.41, 5.74) is 6.74. The molecule has 0 heterocycles. The largest absolute Gasteiger partial charge is 0.504 e. The van der Waals surface area contributed by atoms with E-state index >= 15 is 0 Å². The molecule has 2 aromatic carbocycles. The number of nitrogens with one attached hydrogen (secondary N) is 2. The quantitative estimate of drug-likeness (QED) is 0.130. The fraction of sp³-hybridized carbons (Fsp3) is 0.429. The van der Waals surface area contributed by atoms with E-state index in [9.17, 15) is 19.8 Å². The number of carbonyl (C=O) groups is 2. The molecular weight excluding hydrogens is 458 g/mol. The van der Waals surface area contributed by atoms with Crippen molar-refractivity contribution in [2.75, 3.05) is 18.5 Å². The van der Waals surface area contributed by atoms with Gasteiger partial charge in [0.2, 0.25) is 11.8 Å². The first-order valence-corrected chi connectivity index (χ1v) is 12.7. The van der Waals surface area contributed by atoms with Gasteiger partial charge in [0.15, 0.2) is 11.5 Å². The lowest BCUT2D eigenvalue weighted by Gasteiger charge is -2.17. The topological polar surface area (TPSA) is 134 Å². The summed E-state index contributed by atoms with van der Waals surface area (Å²) < 4.78 is 5.78. The van der Waals surface area contributed by atoms with Crippen LogP contribution in [0.2, 0.25) is 0 Å². The van der Waals surface area contributed by atoms with Gasteiger partial charge in [-0.3, -0.25) is 9.59 Å². The van der Waals surface area contributed by atoms with Crippen LogP contribution in [-0.4, -0.2) is 41.2 Å². The number of anilines is 1. The number of unbranched alkanes of at least 4 members (excludes halogenated alkanes) is 5. The van der Waals surface area contributed by atoms with Crippen LogP contribution in [0.15, 0.2) is 48.5 Å². The van der Waals surface area contributed by atoms with Gasteiger partial charge in [-0.15, -0.1) is 0 Å². The normalized spacial score (nSPS) is 11.8. The van der Waals surface area contributed by atoms with Crippen LogP contribution in [-0.2, 0) is 9.59 Å². The van der Waals surface area contributed by atoms with Crippen LogP contribution in [0, 0.1) is 0 Å². The van der Waals surface area contributed by atoms with Gasteiger partial charge in [-0.25, -0.2) is 0 Å². The minimum absolute atomic E-state index is 0.243. The van der Waals surface area contributed by atoms with Crippen LogP contribution >= 0.6 is 0 Å². The lowest BCUT2D eigenvalue weighted by Crippen LogP contribution is -2.43. The Balaban J connectivity index is 1.85. The molecule has 36 heavy (non-hydrogen) atoms. The van der Waals surface area contributed by atoms with Crippen molar-refractivity contribution >= 4 is 23.6 Å². The Kier molecular flexibility index (Phi) is 12.9. The molecular formula is C28H39N3O5. The van der Waals surface area contributed by atoms with Crippen LogP contribution in [0.25, 0.3) is 6.08 Å². The third-order valence-corrected chi connectivity index (χ3v) is 5.65. The Morgan fingerprint density at radius 3 is 2.39 bits per heavy atom. The molecule has 1 atom stereocenters. The van der Waals surface area contributed by atoms with Crippen LogP contribution in [0.5, 0.6) is 17.2 Å². The van der Waals surface area contributed by atoms with Gasteiger partial charge in [0.25, 0.3) is 0 Å². The number of benzene rings is 2. The summed E-state index contributed by atoms with van der Waals surface area (Å²) in [7, 11) is 0. The highest BCUT2D eigenvalue weighted by Gasteiger charge is 2.19. The number of nitrogens with two attached hydrogens (primary N) is 1. The van der Waals surface area contributed by atoms with Gasteiger partial charge in [-0.1, -0.05) is 45.1 Å². The Morgan fingerprint density at radius 1 is 0.972 bits per heavy atom. The maximum atomic E-state index is 12.8. The number of phenols is 2. The van der Waals surface area contributed by atoms with Crippen LogP contribution in [0.1, 0.15) is 63.9 Å². The van der Waals surface area contributed by atoms with Crippen molar-refractivity contribution in [2.24, 2.45) is 5.73 Å². The molecule has 0 radical (unpaired) electrons. The summed E-state index contributed by atoms with van der Waals surface area (Å²) in [6, 6.07) is 10.6. The molecule has 196 valence electrons. The predicted octanol–water partition coefficient (Wildman–Crippen LogP) is 4.71. The van der Waals surface area contributed by atoms with Crippen molar-refractivity contribution in [3.05, 3.63) is 54.1 Å². The summed E-state index contributed by atoms with van der Waals surface area (Å²) >= 11 is 0. The van der Waals surface area contributed by atoms with E-state index in [1.165, 1.54) is 50.0 Å². The summed E-state index contributed by atoms with van der Waals surface area (Å²) in [5, 5.41) is 24.5. The molecule has 2 rings (SSSR count). The highest BCUT2D eigenvalue weighted by atomic mass is 16.5. The average molecular weight is 498 g/mol. The zero-order valence-corrected chi connectivity index (χ0v) is 21.0. The van der Waals surface area contributed by atoms with Crippen LogP contribution in [0.3, 0.4) is 0 Å². The van der Waals surface area contributed by atoms with Crippen molar-refractivity contribution in [2.45, 2.75) is 64.3 Å². The van der Waals surface area contributed by atoms with Crippen LogP contribution < -0.4 is 21.1 Å². The number of rotatable bonds is 16. The van der Waals surface area contributed by atoms with E-state index in [0.29, 0.717) is 37.2 Å². The molecule has 0 saturated heterocycles. The number of aromatic hydroxyl groups is 2. The van der Waals surface area contributed by atoms with Gasteiger partial charge in [-0.05, 0) is 73.8 Å².